The summed E-state index contributed by atoms with van der Waals surface area (Å²) in [7, 11) is 0. The SMILES string of the molecule is CCCCN1C(=O)CCC2CCNC[N+]2(NC(=O)C2CCCC2)C1=O. The van der Waals surface area contributed by atoms with Crippen molar-refractivity contribution in [3.05, 3.63) is 0 Å². The first-order valence-corrected chi connectivity index (χ1v) is 9.84. The topological polar surface area (TPSA) is 78.5 Å². The zero-order valence-electron chi connectivity index (χ0n) is 15.3. The van der Waals surface area contributed by atoms with Crippen LogP contribution >= 0.6 is 0 Å². The highest BCUT2D eigenvalue weighted by atomic mass is 16.2. The van der Waals surface area contributed by atoms with Crippen molar-refractivity contribution in [2.24, 2.45) is 5.92 Å². The van der Waals surface area contributed by atoms with E-state index in [4.69, 9.17) is 0 Å². The van der Waals surface area contributed by atoms with Gasteiger partial charge >= 0.3 is 6.03 Å². The molecule has 2 N–H and O–H groups in total. The number of amides is 4. The van der Waals surface area contributed by atoms with Gasteiger partial charge in [-0.2, -0.15) is 5.43 Å². The highest BCUT2D eigenvalue weighted by Gasteiger charge is 2.54. The largest absolute Gasteiger partial charge is 0.451 e. The third kappa shape index (κ3) is 3.58. The maximum atomic E-state index is 13.4. The van der Waals surface area contributed by atoms with Gasteiger partial charge in [-0.3, -0.25) is 14.9 Å². The van der Waals surface area contributed by atoms with Gasteiger partial charge in [0.25, 0.3) is 5.91 Å². The minimum Gasteiger partial charge on any atom is -0.274 e. The lowest BCUT2D eigenvalue weighted by molar-refractivity contribution is -0.919. The minimum absolute atomic E-state index is 0.00548. The van der Waals surface area contributed by atoms with Crippen LogP contribution in [-0.4, -0.2) is 53.1 Å². The van der Waals surface area contributed by atoms with Crippen LogP contribution in [0.5, 0.6) is 0 Å². The average Bonchev–Trinajstić information content (AvgIpc) is 3.12. The van der Waals surface area contributed by atoms with Crippen LogP contribution < -0.4 is 10.7 Å². The second-order valence-electron chi connectivity index (χ2n) is 7.65. The van der Waals surface area contributed by atoms with E-state index < -0.39 is 0 Å². The van der Waals surface area contributed by atoms with Gasteiger partial charge in [0.15, 0.2) is 6.67 Å². The van der Waals surface area contributed by atoms with Crippen molar-refractivity contribution in [3.8, 4) is 0 Å². The van der Waals surface area contributed by atoms with Crippen molar-refractivity contribution in [1.82, 2.24) is 15.6 Å². The molecule has 4 amide bonds. The van der Waals surface area contributed by atoms with E-state index in [1.807, 2.05) is 6.92 Å². The molecule has 3 rings (SSSR count). The predicted molar refractivity (Wildman–Crippen MR) is 92.9 cm³/mol. The van der Waals surface area contributed by atoms with E-state index in [1.165, 1.54) is 4.90 Å². The molecular formula is C18H31N4O3+. The Morgan fingerprint density at radius 1 is 1.24 bits per heavy atom. The van der Waals surface area contributed by atoms with Crippen molar-refractivity contribution < 1.29 is 19.0 Å². The average molecular weight is 351 g/mol. The molecule has 140 valence electrons. The summed E-state index contributed by atoms with van der Waals surface area (Å²) in [6.07, 6.45) is 7.51. The van der Waals surface area contributed by atoms with Gasteiger partial charge < -0.3 is 0 Å². The van der Waals surface area contributed by atoms with Crippen LogP contribution in [-0.2, 0) is 9.59 Å². The Labute approximate surface area is 149 Å². The van der Waals surface area contributed by atoms with Crippen molar-refractivity contribution in [3.63, 3.8) is 0 Å². The molecule has 0 aromatic rings. The van der Waals surface area contributed by atoms with E-state index >= 15 is 0 Å². The number of carbonyl (C=O) groups excluding carboxylic acids is 3. The monoisotopic (exact) mass is 351 g/mol. The number of carbonyl (C=O) groups is 3. The lowest BCUT2D eigenvalue weighted by atomic mass is 10.0. The molecule has 3 fully saturated rings. The molecule has 2 unspecified atom stereocenters. The summed E-state index contributed by atoms with van der Waals surface area (Å²) in [5.74, 6) is -0.115. The molecule has 1 aliphatic carbocycles. The van der Waals surface area contributed by atoms with Gasteiger partial charge in [0, 0.05) is 38.3 Å². The van der Waals surface area contributed by atoms with E-state index in [0.717, 1.165) is 51.5 Å². The number of imide groups is 1. The maximum absolute atomic E-state index is 13.4. The normalized spacial score (nSPS) is 30.9. The Balaban J connectivity index is 1.86. The van der Waals surface area contributed by atoms with Crippen LogP contribution in [0.15, 0.2) is 0 Å². The zero-order chi connectivity index (χ0) is 17.9. The van der Waals surface area contributed by atoms with Crippen molar-refractivity contribution in [1.29, 1.82) is 0 Å². The van der Waals surface area contributed by atoms with Crippen molar-refractivity contribution in [2.45, 2.75) is 70.8 Å². The summed E-state index contributed by atoms with van der Waals surface area (Å²) in [6, 6.07) is -0.269. The number of unbranched alkanes of at least 4 members (excludes halogenated alkanes) is 1. The highest BCUT2D eigenvalue weighted by molar-refractivity contribution is 5.93. The number of rotatable bonds is 5. The van der Waals surface area contributed by atoms with Gasteiger partial charge in [-0.25, -0.2) is 9.69 Å². The molecule has 0 aromatic heterocycles. The Bertz CT molecular complexity index is 532. The molecule has 0 bridgehead atoms. The Morgan fingerprint density at radius 2 is 2.00 bits per heavy atom. The highest BCUT2D eigenvalue weighted by Crippen LogP contribution is 2.30. The van der Waals surface area contributed by atoms with Gasteiger partial charge in [-0.15, -0.1) is 4.59 Å². The van der Waals surface area contributed by atoms with E-state index in [2.05, 4.69) is 10.7 Å². The number of hydrogen-bond acceptors (Lipinski definition) is 4. The van der Waals surface area contributed by atoms with Crippen LogP contribution in [0.3, 0.4) is 0 Å². The van der Waals surface area contributed by atoms with E-state index in [9.17, 15) is 14.4 Å². The van der Waals surface area contributed by atoms with Crippen LogP contribution in [0, 0.1) is 5.92 Å². The number of nitrogens with zero attached hydrogens (tertiary/aromatic N) is 2. The fraction of sp³-hybridized carbons (Fsp3) is 0.833. The van der Waals surface area contributed by atoms with Crippen LogP contribution in [0.1, 0.15) is 64.7 Å². The third-order valence-electron chi connectivity index (χ3n) is 5.97. The van der Waals surface area contributed by atoms with Gasteiger partial charge in [0.2, 0.25) is 5.91 Å². The molecule has 25 heavy (non-hydrogen) atoms. The van der Waals surface area contributed by atoms with E-state index in [-0.39, 0.29) is 34.4 Å². The standard InChI is InChI=1S/C18H30N4O3/c1-2-3-12-21-16(23)9-8-15-10-11-19-13-22(15,18(21)25)20-17(24)14-6-4-5-7-14/h14-15,19H,2-13H2,1H3/p+1. The molecule has 0 aromatic carbocycles. The van der Waals surface area contributed by atoms with Gasteiger partial charge in [0.05, 0.1) is 0 Å². The summed E-state index contributed by atoms with van der Waals surface area (Å²) >= 11 is 0. The summed E-state index contributed by atoms with van der Waals surface area (Å²) in [4.78, 5) is 40.1. The molecule has 2 saturated heterocycles. The van der Waals surface area contributed by atoms with Crippen LogP contribution in [0.25, 0.3) is 0 Å². The maximum Gasteiger partial charge on any atom is 0.451 e. The quantitative estimate of drug-likeness (QED) is 0.742. The first-order chi connectivity index (χ1) is 12.1. The molecule has 2 aliphatic heterocycles. The fourth-order valence-electron chi connectivity index (χ4n) is 4.40. The first-order valence-electron chi connectivity index (χ1n) is 9.84. The van der Waals surface area contributed by atoms with Crippen molar-refractivity contribution in [2.75, 3.05) is 19.8 Å². The fourth-order valence-corrected chi connectivity index (χ4v) is 4.40. The molecule has 2 atom stereocenters. The Hall–Kier alpha value is -1.47. The van der Waals surface area contributed by atoms with Crippen LogP contribution in [0.4, 0.5) is 4.79 Å². The lowest BCUT2D eigenvalue weighted by Crippen LogP contribution is -2.75. The van der Waals surface area contributed by atoms with Gasteiger partial charge in [0.1, 0.15) is 6.04 Å². The molecule has 1 saturated carbocycles. The third-order valence-corrected chi connectivity index (χ3v) is 5.97. The predicted octanol–water partition coefficient (Wildman–Crippen LogP) is 1.89. The Morgan fingerprint density at radius 3 is 2.72 bits per heavy atom. The summed E-state index contributed by atoms with van der Waals surface area (Å²) in [5.41, 5.74) is 3.09. The molecule has 7 nitrogen and oxygen atoms in total. The number of urea groups is 1. The van der Waals surface area contributed by atoms with Gasteiger partial charge in [-0.05, 0) is 19.3 Å². The van der Waals surface area contributed by atoms with E-state index in [0.29, 0.717) is 26.1 Å². The molecular weight excluding hydrogens is 320 g/mol. The number of hydrogen-bond donors (Lipinski definition) is 2. The van der Waals surface area contributed by atoms with Crippen LogP contribution in [0.2, 0.25) is 0 Å². The number of quaternary nitrogens is 1. The molecule has 3 aliphatic rings. The Kier molecular flexibility index (Phi) is 5.74. The smallest absolute Gasteiger partial charge is 0.274 e. The number of fused-ring (bicyclic) bond motifs is 1. The molecule has 0 radical (unpaired) electrons. The molecule has 0 spiro atoms. The summed E-state index contributed by atoms with van der Waals surface area (Å²) < 4.78 is -0.120. The summed E-state index contributed by atoms with van der Waals surface area (Å²) in [6.45, 7) is 3.68. The minimum atomic E-state index is -0.250. The lowest BCUT2D eigenvalue weighted by Gasteiger charge is -2.44. The summed E-state index contributed by atoms with van der Waals surface area (Å²) in [5, 5.41) is 3.27. The molecule has 7 heteroatoms. The van der Waals surface area contributed by atoms with E-state index in [1.54, 1.807) is 0 Å². The second kappa shape index (κ2) is 7.83. The van der Waals surface area contributed by atoms with Crippen molar-refractivity contribution >= 4 is 17.8 Å². The van der Waals surface area contributed by atoms with Gasteiger partial charge in [-0.1, -0.05) is 26.2 Å². The number of nitrogens with one attached hydrogen (secondary N) is 2. The zero-order valence-corrected chi connectivity index (χ0v) is 15.3. The molecule has 2 heterocycles. The first kappa shape index (κ1) is 18.3. The second-order valence-corrected chi connectivity index (χ2v) is 7.65.